The number of primary sulfonamides is 1. The maximum absolute atomic E-state index is 13.8. The van der Waals surface area contributed by atoms with Gasteiger partial charge >= 0.3 is 6.18 Å². The third-order valence-corrected chi connectivity index (χ3v) is 4.86. The van der Waals surface area contributed by atoms with Gasteiger partial charge in [-0.1, -0.05) is 18.2 Å². The number of carbonyl (C=O) groups is 1. The average Bonchev–Trinajstić information content (AvgIpc) is 3.06. The van der Waals surface area contributed by atoms with Crippen molar-refractivity contribution in [3.8, 4) is 16.8 Å². The highest BCUT2D eigenvalue weighted by molar-refractivity contribution is 7.89. The number of hydrogen-bond donors (Lipinski definition) is 2. The number of benzene rings is 2. The van der Waals surface area contributed by atoms with Crippen LogP contribution in [0.25, 0.3) is 16.8 Å². The molecule has 0 spiro atoms. The molecule has 0 unspecified atom stereocenters. The SMILES string of the molecule is NC(=O)c1ccccc1-c1cnn(-c2ccc(S(N)(=O)=O)cc2)c1C(F)(F)F. The first-order chi connectivity index (χ1) is 13.0. The lowest BCUT2D eigenvalue weighted by molar-refractivity contribution is -0.142. The second kappa shape index (κ2) is 6.77. The molecule has 28 heavy (non-hydrogen) atoms. The number of nitrogens with two attached hydrogens (primary N) is 2. The number of rotatable bonds is 4. The molecule has 0 atom stereocenters. The predicted molar refractivity (Wildman–Crippen MR) is 93.9 cm³/mol. The molecule has 0 saturated carbocycles. The lowest BCUT2D eigenvalue weighted by Crippen LogP contribution is -2.17. The van der Waals surface area contributed by atoms with Crippen LogP contribution in [0.1, 0.15) is 16.1 Å². The van der Waals surface area contributed by atoms with E-state index in [1.54, 1.807) is 0 Å². The molecule has 4 N–H and O–H groups in total. The maximum Gasteiger partial charge on any atom is 0.434 e. The van der Waals surface area contributed by atoms with E-state index in [1.807, 2.05) is 0 Å². The Balaban J connectivity index is 2.23. The number of amides is 1. The standard InChI is InChI=1S/C17H13F3N4O3S/c18-17(19,20)15-14(12-3-1-2-4-13(12)16(21)25)9-23-24(15)10-5-7-11(8-6-10)28(22,26)27/h1-9H,(H2,21,25)(H2,22,26,27). The number of aromatic nitrogens is 2. The van der Waals surface area contributed by atoms with E-state index >= 15 is 0 Å². The molecule has 0 aliphatic rings. The van der Waals surface area contributed by atoms with Crippen molar-refractivity contribution in [1.29, 1.82) is 0 Å². The summed E-state index contributed by atoms with van der Waals surface area (Å²) in [7, 11) is -4.00. The van der Waals surface area contributed by atoms with E-state index < -0.39 is 27.8 Å². The van der Waals surface area contributed by atoms with Crippen molar-refractivity contribution in [3.63, 3.8) is 0 Å². The molecule has 1 aromatic heterocycles. The Labute approximate surface area is 157 Å². The number of primary amides is 1. The second-order valence-electron chi connectivity index (χ2n) is 5.77. The Morgan fingerprint density at radius 2 is 1.61 bits per heavy atom. The molecule has 1 amide bonds. The summed E-state index contributed by atoms with van der Waals surface area (Å²) in [5, 5.41) is 8.78. The van der Waals surface area contributed by atoms with Crippen molar-refractivity contribution >= 4 is 15.9 Å². The molecular formula is C17H13F3N4O3S. The molecule has 3 aromatic rings. The van der Waals surface area contributed by atoms with E-state index in [4.69, 9.17) is 10.9 Å². The summed E-state index contributed by atoms with van der Waals surface area (Å²) < 4.78 is 64.7. The normalized spacial score (nSPS) is 12.1. The van der Waals surface area contributed by atoms with Crippen molar-refractivity contribution in [1.82, 2.24) is 9.78 Å². The predicted octanol–water partition coefficient (Wildman–Crippen LogP) is 2.30. The maximum atomic E-state index is 13.8. The van der Waals surface area contributed by atoms with E-state index in [0.29, 0.717) is 4.68 Å². The number of hydrogen-bond acceptors (Lipinski definition) is 4. The Morgan fingerprint density at radius 3 is 2.14 bits per heavy atom. The summed E-state index contributed by atoms with van der Waals surface area (Å²) in [5.74, 6) is -0.881. The zero-order valence-electron chi connectivity index (χ0n) is 14.0. The third-order valence-electron chi connectivity index (χ3n) is 3.93. The molecule has 0 fully saturated rings. The van der Waals surface area contributed by atoms with Crippen LogP contribution >= 0.6 is 0 Å². The van der Waals surface area contributed by atoms with Gasteiger partial charge in [-0.05, 0) is 35.9 Å². The molecule has 0 bridgehead atoms. The molecule has 7 nitrogen and oxygen atoms in total. The van der Waals surface area contributed by atoms with Gasteiger partial charge in [-0.2, -0.15) is 18.3 Å². The molecule has 146 valence electrons. The van der Waals surface area contributed by atoms with Crippen molar-refractivity contribution in [2.75, 3.05) is 0 Å². The van der Waals surface area contributed by atoms with E-state index in [9.17, 15) is 26.4 Å². The Hall–Kier alpha value is -3.18. The van der Waals surface area contributed by atoms with Crippen LogP contribution in [0, 0.1) is 0 Å². The number of alkyl halides is 3. The van der Waals surface area contributed by atoms with Gasteiger partial charge < -0.3 is 5.73 Å². The summed E-state index contributed by atoms with van der Waals surface area (Å²) in [4.78, 5) is 11.4. The molecule has 11 heteroatoms. The lowest BCUT2D eigenvalue weighted by Gasteiger charge is -2.14. The number of halogens is 3. The summed E-state index contributed by atoms with van der Waals surface area (Å²) in [6.07, 6.45) is -3.85. The molecule has 0 aliphatic carbocycles. The lowest BCUT2D eigenvalue weighted by atomic mass is 9.99. The van der Waals surface area contributed by atoms with Crippen LogP contribution in [0.5, 0.6) is 0 Å². The van der Waals surface area contributed by atoms with Gasteiger partial charge in [0.1, 0.15) is 0 Å². The van der Waals surface area contributed by atoms with Gasteiger partial charge in [0.25, 0.3) is 0 Å². The highest BCUT2D eigenvalue weighted by Gasteiger charge is 2.39. The molecule has 2 aromatic carbocycles. The van der Waals surface area contributed by atoms with Gasteiger partial charge in [-0.25, -0.2) is 18.2 Å². The van der Waals surface area contributed by atoms with Crippen molar-refractivity contribution in [3.05, 3.63) is 66.0 Å². The summed E-state index contributed by atoms with van der Waals surface area (Å²) in [6, 6.07) is 10.0. The molecular weight excluding hydrogens is 397 g/mol. The van der Waals surface area contributed by atoms with Crippen LogP contribution in [0.15, 0.2) is 59.6 Å². The van der Waals surface area contributed by atoms with Crippen LogP contribution in [0.3, 0.4) is 0 Å². The van der Waals surface area contributed by atoms with E-state index in [0.717, 1.165) is 30.5 Å². The van der Waals surface area contributed by atoms with E-state index in [1.165, 1.54) is 24.3 Å². The number of sulfonamides is 1. The highest BCUT2D eigenvalue weighted by atomic mass is 32.2. The van der Waals surface area contributed by atoms with Crippen LogP contribution in [-0.4, -0.2) is 24.1 Å². The van der Waals surface area contributed by atoms with Gasteiger partial charge in [0.2, 0.25) is 15.9 Å². The summed E-state index contributed by atoms with van der Waals surface area (Å²) >= 11 is 0. The van der Waals surface area contributed by atoms with Gasteiger partial charge in [0, 0.05) is 11.1 Å². The first kappa shape index (κ1) is 19.6. The van der Waals surface area contributed by atoms with Crippen LogP contribution < -0.4 is 10.9 Å². The Morgan fingerprint density at radius 1 is 1.00 bits per heavy atom. The fourth-order valence-corrected chi connectivity index (χ4v) is 3.24. The molecule has 0 saturated heterocycles. The Bertz CT molecular complexity index is 1150. The number of nitrogens with zero attached hydrogens (tertiary/aromatic N) is 2. The molecule has 0 aliphatic heterocycles. The highest BCUT2D eigenvalue weighted by Crippen LogP contribution is 2.39. The van der Waals surface area contributed by atoms with Gasteiger partial charge in [-0.3, -0.25) is 4.79 Å². The Kier molecular flexibility index (Phi) is 4.73. The molecule has 3 rings (SSSR count). The van der Waals surface area contributed by atoms with Crippen molar-refractivity contribution < 1.29 is 26.4 Å². The van der Waals surface area contributed by atoms with E-state index in [-0.39, 0.29) is 27.3 Å². The minimum atomic E-state index is -4.82. The fraction of sp³-hybridized carbons (Fsp3) is 0.0588. The summed E-state index contributed by atoms with van der Waals surface area (Å²) in [6.45, 7) is 0. The molecule has 0 radical (unpaired) electrons. The second-order valence-corrected chi connectivity index (χ2v) is 7.33. The molecule has 1 heterocycles. The summed E-state index contributed by atoms with van der Waals surface area (Å²) in [5.41, 5.74) is 3.66. The van der Waals surface area contributed by atoms with Gasteiger partial charge in [-0.15, -0.1) is 0 Å². The zero-order chi connectivity index (χ0) is 20.7. The minimum Gasteiger partial charge on any atom is -0.366 e. The van der Waals surface area contributed by atoms with Crippen LogP contribution in [0.4, 0.5) is 13.2 Å². The van der Waals surface area contributed by atoms with Crippen LogP contribution in [-0.2, 0) is 16.2 Å². The monoisotopic (exact) mass is 410 g/mol. The van der Waals surface area contributed by atoms with Gasteiger partial charge in [0.15, 0.2) is 5.69 Å². The van der Waals surface area contributed by atoms with E-state index in [2.05, 4.69) is 5.10 Å². The minimum absolute atomic E-state index is 0.0188. The van der Waals surface area contributed by atoms with Gasteiger partial charge in [0.05, 0.1) is 16.8 Å². The quantitative estimate of drug-likeness (QED) is 0.685. The fourth-order valence-electron chi connectivity index (χ4n) is 2.72. The first-order valence-corrected chi connectivity index (χ1v) is 9.22. The smallest absolute Gasteiger partial charge is 0.366 e. The van der Waals surface area contributed by atoms with Crippen molar-refractivity contribution in [2.24, 2.45) is 10.9 Å². The first-order valence-electron chi connectivity index (χ1n) is 7.68. The van der Waals surface area contributed by atoms with Crippen molar-refractivity contribution in [2.45, 2.75) is 11.1 Å². The largest absolute Gasteiger partial charge is 0.434 e. The third kappa shape index (κ3) is 3.62. The number of carbonyl (C=O) groups excluding carboxylic acids is 1. The topological polar surface area (TPSA) is 121 Å². The van der Waals surface area contributed by atoms with Crippen LogP contribution in [0.2, 0.25) is 0 Å². The average molecular weight is 410 g/mol. The zero-order valence-corrected chi connectivity index (χ0v) is 14.8.